The second kappa shape index (κ2) is 4.46. The van der Waals surface area contributed by atoms with Gasteiger partial charge in [0.25, 0.3) is 0 Å². The second-order valence-corrected chi connectivity index (χ2v) is 3.71. The number of hydrazine groups is 1. The van der Waals surface area contributed by atoms with Crippen molar-refractivity contribution < 1.29 is 0 Å². The van der Waals surface area contributed by atoms with Gasteiger partial charge in [-0.2, -0.15) is 0 Å². The summed E-state index contributed by atoms with van der Waals surface area (Å²) < 4.78 is 0. The van der Waals surface area contributed by atoms with E-state index in [-0.39, 0.29) is 0 Å². The number of guanidine groups is 1. The molecule has 13 heavy (non-hydrogen) atoms. The number of nitrogens with two attached hydrogens (primary N) is 1. The van der Waals surface area contributed by atoms with E-state index in [0.717, 1.165) is 12.5 Å². The smallest absolute Gasteiger partial charge is 0.208 e. The number of hydrogen-bond acceptors (Lipinski definition) is 2. The van der Waals surface area contributed by atoms with Crippen LogP contribution in [0.4, 0.5) is 0 Å². The third-order valence-corrected chi connectivity index (χ3v) is 2.22. The zero-order valence-electron chi connectivity index (χ0n) is 8.75. The quantitative estimate of drug-likeness (QED) is 0.294. The normalized spacial score (nSPS) is 17.8. The first-order valence-electron chi connectivity index (χ1n) is 5.00. The molecule has 76 valence electrons. The standard InChI is InChI=1S/C9H20N4/c1-4-13(7(2)3)9(12-10)11-8-5-6-8/h7-8H,4-6,10H2,1-3H3,(H,11,12). The number of nitrogens with zero attached hydrogens (tertiary/aromatic N) is 2. The Hall–Kier alpha value is -0.770. The minimum absolute atomic E-state index is 0.443. The summed E-state index contributed by atoms with van der Waals surface area (Å²) in [5.74, 6) is 6.27. The van der Waals surface area contributed by atoms with E-state index in [0.29, 0.717) is 12.1 Å². The van der Waals surface area contributed by atoms with E-state index in [1.165, 1.54) is 12.8 Å². The lowest BCUT2D eigenvalue weighted by Crippen LogP contribution is -2.48. The average Bonchev–Trinajstić information content (AvgIpc) is 2.87. The van der Waals surface area contributed by atoms with Crippen molar-refractivity contribution in [2.24, 2.45) is 10.8 Å². The molecule has 0 unspecified atom stereocenters. The molecule has 0 atom stereocenters. The fraction of sp³-hybridized carbons (Fsp3) is 0.889. The molecule has 4 nitrogen and oxygen atoms in total. The van der Waals surface area contributed by atoms with Gasteiger partial charge in [0.2, 0.25) is 5.96 Å². The lowest BCUT2D eigenvalue weighted by molar-refractivity contribution is 0.353. The van der Waals surface area contributed by atoms with E-state index in [9.17, 15) is 0 Å². The fourth-order valence-electron chi connectivity index (χ4n) is 1.33. The lowest BCUT2D eigenvalue weighted by atomic mass is 10.3. The summed E-state index contributed by atoms with van der Waals surface area (Å²) in [5, 5.41) is 0. The highest BCUT2D eigenvalue weighted by atomic mass is 15.4. The van der Waals surface area contributed by atoms with Gasteiger partial charge in [0.05, 0.1) is 6.04 Å². The van der Waals surface area contributed by atoms with Gasteiger partial charge in [0.15, 0.2) is 0 Å². The van der Waals surface area contributed by atoms with Crippen molar-refractivity contribution in [2.75, 3.05) is 6.54 Å². The molecular weight excluding hydrogens is 164 g/mol. The maximum absolute atomic E-state index is 5.44. The molecule has 0 spiro atoms. The Balaban J connectivity index is 2.60. The van der Waals surface area contributed by atoms with E-state index in [1.54, 1.807) is 0 Å². The van der Waals surface area contributed by atoms with Crippen LogP contribution in [0.15, 0.2) is 4.99 Å². The van der Waals surface area contributed by atoms with Crippen molar-refractivity contribution in [3.63, 3.8) is 0 Å². The summed E-state index contributed by atoms with van der Waals surface area (Å²) in [5.41, 5.74) is 2.68. The summed E-state index contributed by atoms with van der Waals surface area (Å²) in [7, 11) is 0. The van der Waals surface area contributed by atoms with Crippen molar-refractivity contribution >= 4 is 5.96 Å². The van der Waals surface area contributed by atoms with Crippen LogP contribution in [0.5, 0.6) is 0 Å². The summed E-state index contributed by atoms with van der Waals surface area (Å²) in [4.78, 5) is 6.67. The third kappa shape index (κ3) is 2.88. The van der Waals surface area contributed by atoms with E-state index in [1.807, 2.05) is 0 Å². The van der Waals surface area contributed by atoms with Gasteiger partial charge in [-0.05, 0) is 33.6 Å². The van der Waals surface area contributed by atoms with Crippen LogP contribution >= 0.6 is 0 Å². The zero-order chi connectivity index (χ0) is 9.84. The van der Waals surface area contributed by atoms with Crippen LogP contribution in [0.2, 0.25) is 0 Å². The van der Waals surface area contributed by atoms with E-state index in [4.69, 9.17) is 5.84 Å². The first kappa shape index (κ1) is 10.3. The monoisotopic (exact) mass is 184 g/mol. The van der Waals surface area contributed by atoms with Crippen molar-refractivity contribution in [3.05, 3.63) is 0 Å². The molecule has 1 saturated carbocycles. The number of hydrogen-bond donors (Lipinski definition) is 2. The average molecular weight is 184 g/mol. The fourth-order valence-corrected chi connectivity index (χ4v) is 1.33. The van der Waals surface area contributed by atoms with Crippen molar-refractivity contribution in [1.29, 1.82) is 0 Å². The van der Waals surface area contributed by atoms with Crippen molar-refractivity contribution in [3.8, 4) is 0 Å². The molecule has 0 radical (unpaired) electrons. The Labute approximate surface area is 80.2 Å². The molecule has 1 aliphatic rings. The first-order valence-corrected chi connectivity index (χ1v) is 5.00. The van der Waals surface area contributed by atoms with Crippen molar-refractivity contribution in [2.45, 2.75) is 45.7 Å². The molecule has 4 heteroatoms. The topological polar surface area (TPSA) is 53.6 Å². The highest BCUT2D eigenvalue weighted by Gasteiger charge is 2.23. The van der Waals surface area contributed by atoms with E-state index >= 15 is 0 Å². The molecule has 1 aliphatic carbocycles. The van der Waals surface area contributed by atoms with Crippen LogP contribution in [-0.2, 0) is 0 Å². The van der Waals surface area contributed by atoms with Crippen molar-refractivity contribution in [1.82, 2.24) is 10.3 Å². The van der Waals surface area contributed by atoms with E-state index in [2.05, 4.69) is 36.1 Å². The van der Waals surface area contributed by atoms with Gasteiger partial charge < -0.3 is 4.90 Å². The largest absolute Gasteiger partial charge is 0.340 e. The van der Waals surface area contributed by atoms with Crippen LogP contribution in [0.3, 0.4) is 0 Å². The molecule has 0 aromatic rings. The summed E-state index contributed by atoms with van der Waals surface area (Å²) in [6.45, 7) is 7.33. The minimum atomic E-state index is 0.443. The molecule has 0 aromatic carbocycles. The van der Waals surface area contributed by atoms with Crippen LogP contribution in [-0.4, -0.2) is 29.5 Å². The highest BCUT2D eigenvalue weighted by Crippen LogP contribution is 2.23. The first-order chi connectivity index (χ1) is 6.19. The third-order valence-electron chi connectivity index (χ3n) is 2.22. The summed E-state index contributed by atoms with van der Waals surface area (Å²) >= 11 is 0. The Morgan fingerprint density at radius 1 is 1.62 bits per heavy atom. The maximum Gasteiger partial charge on any atom is 0.208 e. The van der Waals surface area contributed by atoms with Gasteiger partial charge >= 0.3 is 0 Å². The Bertz CT molecular complexity index is 184. The highest BCUT2D eigenvalue weighted by molar-refractivity contribution is 5.80. The van der Waals surface area contributed by atoms with Crippen LogP contribution < -0.4 is 11.3 Å². The molecule has 1 rings (SSSR count). The molecule has 0 amide bonds. The van der Waals surface area contributed by atoms with Crippen LogP contribution in [0.1, 0.15) is 33.6 Å². The van der Waals surface area contributed by atoms with Crippen LogP contribution in [0.25, 0.3) is 0 Å². The summed E-state index contributed by atoms with van der Waals surface area (Å²) in [6.07, 6.45) is 2.42. The molecule has 0 aliphatic heterocycles. The predicted molar refractivity (Wildman–Crippen MR) is 55.3 cm³/mol. The lowest BCUT2D eigenvalue weighted by Gasteiger charge is -2.27. The van der Waals surface area contributed by atoms with E-state index < -0.39 is 0 Å². The number of aliphatic imine (C=N–C) groups is 1. The Kier molecular flexibility index (Phi) is 3.54. The van der Waals surface area contributed by atoms with Crippen LogP contribution in [0, 0.1) is 0 Å². The molecule has 0 bridgehead atoms. The Morgan fingerprint density at radius 3 is 2.54 bits per heavy atom. The molecule has 0 aromatic heterocycles. The minimum Gasteiger partial charge on any atom is -0.340 e. The van der Waals surface area contributed by atoms with Gasteiger partial charge in [-0.25, -0.2) is 10.8 Å². The van der Waals surface area contributed by atoms with Gasteiger partial charge in [0, 0.05) is 12.6 Å². The molecular formula is C9H20N4. The molecule has 0 saturated heterocycles. The Morgan fingerprint density at radius 2 is 2.23 bits per heavy atom. The number of nitrogens with one attached hydrogen (secondary N) is 1. The summed E-state index contributed by atoms with van der Waals surface area (Å²) in [6, 6.07) is 0.956. The molecule has 0 heterocycles. The van der Waals surface area contributed by atoms with Gasteiger partial charge in [-0.3, -0.25) is 5.43 Å². The van der Waals surface area contributed by atoms with Gasteiger partial charge in [0.1, 0.15) is 0 Å². The molecule has 1 fully saturated rings. The number of rotatable bonds is 3. The predicted octanol–water partition coefficient (Wildman–Crippen LogP) is 0.698. The van der Waals surface area contributed by atoms with Gasteiger partial charge in [-0.15, -0.1) is 0 Å². The second-order valence-electron chi connectivity index (χ2n) is 3.71. The van der Waals surface area contributed by atoms with Gasteiger partial charge in [-0.1, -0.05) is 0 Å². The zero-order valence-corrected chi connectivity index (χ0v) is 8.75. The molecule has 3 N–H and O–H groups in total. The maximum atomic E-state index is 5.44. The SMILES string of the molecule is CCN(C(=NC1CC1)NN)C(C)C.